The van der Waals surface area contributed by atoms with Gasteiger partial charge in [-0.05, 0) is 31.0 Å². The van der Waals surface area contributed by atoms with Crippen molar-refractivity contribution in [2.75, 3.05) is 26.2 Å². The van der Waals surface area contributed by atoms with Crippen molar-refractivity contribution >= 4 is 5.91 Å². The maximum atomic E-state index is 12.7. The van der Waals surface area contributed by atoms with Crippen LogP contribution in [0.4, 0.5) is 0 Å². The number of aromatic amines is 1. The molecule has 2 aromatic heterocycles. The van der Waals surface area contributed by atoms with E-state index in [0.717, 1.165) is 26.1 Å². The van der Waals surface area contributed by atoms with Crippen molar-refractivity contribution < 1.29 is 4.79 Å². The maximum absolute atomic E-state index is 12.7. The summed E-state index contributed by atoms with van der Waals surface area (Å²) in [4.78, 5) is 35.3. The highest BCUT2D eigenvalue weighted by Gasteiger charge is 2.21. The Morgan fingerprint density at radius 2 is 2.12 bits per heavy atom. The summed E-state index contributed by atoms with van der Waals surface area (Å²) in [5.74, 6) is -0.0626. The van der Waals surface area contributed by atoms with Gasteiger partial charge in [-0.3, -0.25) is 19.5 Å². The summed E-state index contributed by atoms with van der Waals surface area (Å²) < 4.78 is 0. The Kier molecular flexibility index (Phi) is 5.05. The molecule has 0 aliphatic carbocycles. The van der Waals surface area contributed by atoms with Gasteiger partial charge in [0.25, 0.3) is 5.91 Å². The van der Waals surface area contributed by atoms with E-state index in [-0.39, 0.29) is 11.5 Å². The van der Waals surface area contributed by atoms with E-state index in [1.807, 2.05) is 17.2 Å². The van der Waals surface area contributed by atoms with E-state index < -0.39 is 0 Å². The van der Waals surface area contributed by atoms with Crippen LogP contribution in [0, 0.1) is 6.92 Å². The van der Waals surface area contributed by atoms with E-state index in [1.165, 1.54) is 11.6 Å². The molecule has 0 unspecified atom stereocenters. The zero-order chi connectivity index (χ0) is 16.9. The van der Waals surface area contributed by atoms with Gasteiger partial charge >= 0.3 is 0 Å². The molecule has 1 aliphatic heterocycles. The van der Waals surface area contributed by atoms with Crippen molar-refractivity contribution in [2.24, 2.45) is 0 Å². The molecule has 6 nitrogen and oxygen atoms in total. The monoisotopic (exact) mass is 326 g/mol. The predicted octanol–water partition coefficient (Wildman–Crippen LogP) is 1.43. The SMILES string of the molecule is Cc1cc(C(=O)N2CCCN(Cc3cccnc3)CC2)cc(=O)[nH]1. The molecule has 1 fully saturated rings. The first kappa shape index (κ1) is 16.4. The number of rotatable bonds is 3. The Balaban J connectivity index is 1.64. The Morgan fingerprint density at radius 3 is 2.88 bits per heavy atom. The molecule has 0 spiro atoms. The molecule has 0 radical (unpaired) electrons. The number of hydrogen-bond donors (Lipinski definition) is 1. The Hall–Kier alpha value is -2.47. The first-order valence-electron chi connectivity index (χ1n) is 8.23. The van der Waals surface area contributed by atoms with Gasteiger partial charge in [0.05, 0.1) is 0 Å². The fourth-order valence-electron chi connectivity index (χ4n) is 3.07. The fraction of sp³-hybridized carbons (Fsp3) is 0.389. The summed E-state index contributed by atoms with van der Waals surface area (Å²) in [6.07, 6.45) is 4.58. The first-order chi connectivity index (χ1) is 11.6. The van der Waals surface area contributed by atoms with Gasteiger partial charge in [-0.15, -0.1) is 0 Å². The molecule has 1 N–H and O–H groups in total. The lowest BCUT2D eigenvalue weighted by molar-refractivity contribution is 0.0760. The smallest absolute Gasteiger partial charge is 0.254 e. The van der Waals surface area contributed by atoms with Crippen LogP contribution >= 0.6 is 0 Å². The van der Waals surface area contributed by atoms with Crippen LogP contribution in [-0.4, -0.2) is 51.9 Å². The number of amides is 1. The highest BCUT2D eigenvalue weighted by atomic mass is 16.2. The van der Waals surface area contributed by atoms with E-state index in [0.29, 0.717) is 24.3 Å². The van der Waals surface area contributed by atoms with E-state index in [9.17, 15) is 9.59 Å². The zero-order valence-corrected chi connectivity index (χ0v) is 13.9. The highest BCUT2D eigenvalue weighted by molar-refractivity contribution is 5.94. The molecular formula is C18H22N4O2. The van der Waals surface area contributed by atoms with Crippen LogP contribution in [0.3, 0.4) is 0 Å². The normalized spacial score (nSPS) is 16.0. The molecule has 0 bridgehead atoms. The molecule has 0 aromatic carbocycles. The van der Waals surface area contributed by atoms with E-state index in [4.69, 9.17) is 0 Å². The summed E-state index contributed by atoms with van der Waals surface area (Å²) in [6.45, 7) is 5.80. The standard InChI is InChI=1S/C18H22N4O2/c1-14-10-16(11-17(23)20-14)18(24)22-7-3-6-21(8-9-22)13-15-4-2-5-19-12-15/h2,4-5,10-12H,3,6-9,13H2,1H3,(H,20,23). The Labute approximate surface area is 141 Å². The number of nitrogens with zero attached hydrogens (tertiary/aromatic N) is 3. The van der Waals surface area contributed by atoms with Gasteiger partial charge in [-0.2, -0.15) is 0 Å². The van der Waals surface area contributed by atoms with Crippen molar-refractivity contribution in [3.05, 3.63) is 63.8 Å². The number of carbonyl (C=O) groups excluding carboxylic acids is 1. The molecule has 6 heteroatoms. The lowest BCUT2D eigenvalue weighted by atomic mass is 10.2. The number of carbonyl (C=O) groups is 1. The van der Waals surface area contributed by atoms with Crippen molar-refractivity contribution in [1.29, 1.82) is 0 Å². The zero-order valence-electron chi connectivity index (χ0n) is 13.9. The van der Waals surface area contributed by atoms with E-state index >= 15 is 0 Å². The third-order valence-electron chi connectivity index (χ3n) is 4.23. The summed E-state index contributed by atoms with van der Waals surface area (Å²) >= 11 is 0. The summed E-state index contributed by atoms with van der Waals surface area (Å²) in [6, 6.07) is 7.13. The van der Waals surface area contributed by atoms with Crippen LogP contribution < -0.4 is 5.56 Å². The lowest BCUT2D eigenvalue weighted by Crippen LogP contribution is -2.35. The highest BCUT2D eigenvalue weighted by Crippen LogP contribution is 2.11. The van der Waals surface area contributed by atoms with Gasteiger partial charge in [0.15, 0.2) is 0 Å². The van der Waals surface area contributed by atoms with Crippen LogP contribution in [0.25, 0.3) is 0 Å². The second kappa shape index (κ2) is 7.40. The van der Waals surface area contributed by atoms with Gasteiger partial charge < -0.3 is 9.88 Å². The Morgan fingerprint density at radius 1 is 1.25 bits per heavy atom. The molecule has 0 saturated carbocycles. The quantitative estimate of drug-likeness (QED) is 0.926. The molecule has 2 aromatic rings. The molecule has 3 rings (SSSR count). The van der Waals surface area contributed by atoms with E-state index in [1.54, 1.807) is 19.2 Å². The van der Waals surface area contributed by atoms with Crippen LogP contribution in [0.15, 0.2) is 41.5 Å². The van der Waals surface area contributed by atoms with Crippen molar-refractivity contribution in [1.82, 2.24) is 19.8 Å². The van der Waals surface area contributed by atoms with Crippen molar-refractivity contribution in [2.45, 2.75) is 19.9 Å². The second-order valence-corrected chi connectivity index (χ2v) is 6.20. The van der Waals surface area contributed by atoms with Gasteiger partial charge in [-0.1, -0.05) is 6.07 Å². The lowest BCUT2D eigenvalue weighted by Gasteiger charge is -2.22. The van der Waals surface area contributed by atoms with Crippen LogP contribution in [-0.2, 0) is 6.54 Å². The fourth-order valence-corrected chi connectivity index (χ4v) is 3.07. The molecule has 3 heterocycles. The number of aryl methyl sites for hydroxylation is 1. The predicted molar refractivity (Wildman–Crippen MR) is 91.8 cm³/mol. The van der Waals surface area contributed by atoms with Crippen molar-refractivity contribution in [3.8, 4) is 0 Å². The molecule has 1 aliphatic rings. The summed E-state index contributed by atoms with van der Waals surface area (Å²) in [5, 5.41) is 0. The average molecular weight is 326 g/mol. The van der Waals surface area contributed by atoms with Crippen LogP contribution in [0.1, 0.15) is 28.0 Å². The number of pyridine rings is 2. The number of H-pyrrole nitrogens is 1. The van der Waals surface area contributed by atoms with Crippen molar-refractivity contribution in [3.63, 3.8) is 0 Å². The molecular weight excluding hydrogens is 304 g/mol. The van der Waals surface area contributed by atoms with E-state index in [2.05, 4.69) is 20.9 Å². The minimum atomic E-state index is -0.230. The van der Waals surface area contributed by atoms with Crippen LogP contribution in [0.5, 0.6) is 0 Å². The molecule has 24 heavy (non-hydrogen) atoms. The number of hydrogen-bond acceptors (Lipinski definition) is 4. The minimum absolute atomic E-state index is 0.0626. The largest absolute Gasteiger partial charge is 0.337 e. The average Bonchev–Trinajstić information content (AvgIpc) is 2.80. The first-order valence-corrected chi connectivity index (χ1v) is 8.23. The third-order valence-corrected chi connectivity index (χ3v) is 4.23. The van der Waals surface area contributed by atoms with Gasteiger partial charge in [0, 0.05) is 62.4 Å². The number of aromatic nitrogens is 2. The Bertz CT molecular complexity index is 757. The second-order valence-electron chi connectivity index (χ2n) is 6.20. The molecule has 1 saturated heterocycles. The molecule has 1 amide bonds. The van der Waals surface area contributed by atoms with Gasteiger partial charge in [0.1, 0.15) is 0 Å². The molecule has 0 atom stereocenters. The topological polar surface area (TPSA) is 69.3 Å². The van der Waals surface area contributed by atoms with Gasteiger partial charge in [-0.25, -0.2) is 0 Å². The molecule has 126 valence electrons. The summed E-state index contributed by atoms with van der Waals surface area (Å²) in [5.41, 5.74) is 2.13. The third kappa shape index (κ3) is 4.08. The van der Waals surface area contributed by atoms with Crippen LogP contribution in [0.2, 0.25) is 0 Å². The maximum Gasteiger partial charge on any atom is 0.254 e. The van der Waals surface area contributed by atoms with Gasteiger partial charge in [0.2, 0.25) is 5.56 Å². The summed E-state index contributed by atoms with van der Waals surface area (Å²) in [7, 11) is 0. The minimum Gasteiger partial charge on any atom is -0.337 e. The number of nitrogens with one attached hydrogen (secondary N) is 1.